The molecular formula is C18H27NOS. The molecule has 0 unspecified atom stereocenters. The van der Waals surface area contributed by atoms with Crippen molar-refractivity contribution in [1.29, 1.82) is 0 Å². The summed E-state index contributed by atoms with van der Waals surface area (Å²) in [6.07, 6.45) is 7.20. The van der Waals surface area contributed by atoms with Gasteiger partial charge in [0.15, 0.2) is 5.78 Å². The molecule has 3 heteroatoms. The van der Waals surface area contributed by atoms with Crippen LogP contribution in [-0.4, -0.2) is 36.1 Å². The Morgan fingerprint density at radius 2 is 1.86 bits per heavy atom. The quantitative estimate of drug-likeness (QED) is 0.547. The third-order valence-electron chi connectivity index (χ3n) is 4.20. The predicted octanol–water partition coefficient (Wildman–Crippen LogP) is 4.49. The highest BCUT2D eigenvalue weighted by atomic mass is 32.2. The SMILES string of the molecule is CSc1ccc(C(=O)CN(CC(C)C)C2CCCC2)cc1. The van der Waals surface area contributed by atoms with Gasteiger partial charge in [0.1, 0.15) is 0 Å². The molecule has 116 valence electrons. The van der Waals surface area contributed by atoms with E-state index in [2.05, 4.69) is 25.0 Å². The Balaban J connectivity index is 2.01. The molecule has 0 N–H and O–H groups in total. The van der Waals surface area contributed by atoms with Gasteiger partial charge >= 0.3 is 0 Å². The molecule has 21 heavy (non-hydrogen) atoms. The van der Waals surface area contributed by atoms with Crippen LogP contribution in [0.2, 0.25) is 0 Å². The molecule has 0 saturated heterocycles. The highest BCUT2D eigenvalue weighted by Crippen LogP contribution is 2.24. The van der Waals surface area contributed by atoms with E-state index in [1.54, 1.807) is 11.8 Å². The van der Waals surface area contributed by atoms with Crippen molar-refractivity contribution in [3.63, 3.8) is 0 Å². The molecule has 0 amide bonds. The molecule has 0 aromatic heterocycles. The van der Waals surface area contributed by atoms with Crippen molar-refractivity contribution in [1.82, 2.24) is 4.90 Å². The third kappa shape index (κ3) is 4.86. The first kappa shape index (κ1) is 16.6. The van der Waals surface area contributed by atoms with Crippen molar-refractivity contribution in [3.8, 4) is 0 Å². The summed E-state index contributed by atoms with van der Waals surface area (Å²) >= 11 is 1.71. The predicted molar refractivity (Wildman–Crippen MR) is 91.2 cm³/mol. The highest BCUT2D eigenvalue weighted by Gasteiger charge is 2.25. The van der Waals surface area contributed by atoms with Gasteiger partial charge in [0.05, 0.1) is 6.54 Å². The zero-order valence-corrected chi connectivity index (χ0v) is 14.3. The maximum Gasteiger partial charge on any atom is 0.176 e. The first-order valence-electron chi connectivity index (χ1n) is 8.01. The Kier molecular flexibility index (Phi) is 6.31. The summed E-state index contributed by atoms with van der Waals surface area (Å²) in [4.78, 5) is 16.2. The van der Waals surface area contributed by atoms with Gasteiger partial charge in [0.2, 0.25) is 0 Å². The second-order valence-electron chi connectivity index (χ2n) is 6.41. The van der Waals surface area contributed by atoms with Crippen LogP contribution in [0.1, 0.15) is 49.9 Å². The summed E-state index contributed by atoms with van der Waals surface area (Å²) in [5.41, 5.74) is 0.847. The van der Waals surface area contributed by atoms with Gasteiger partial charge in [-0.15, -0.1) is 11.8 Å². The maximum absolute atomic E-state index is 12.5. The van der Waals surface area contributed by atoms with E-state index in [-0.39, 0.29) is 5.78 Å². The van der Waals surface area contributed by atoms with Crippen molar-refractivity contribution in [3.05, 3.63) is 29.8 Å². The number of ketones is 1. The second-order valence-corrected chi connectivity index (χ2v) is 7.29. The normalized spacial score (nSPS) is 16.0. The van der Waals surface area contributed by atoms with E-state index in [1.165, 1.54) is 30.6 Å². The molecule has 2 nitrogen and oxygen atoms in total. The number of benzene rings is 1. The van der Waals surface area contributed by atoms with Crippen molar-refractivity contribution in [2.24, 2.45) is 5.92 Å². The van der Waals surface area contributed by atoms with E-state index in [1.807, 2.05) is 24.3 Å². The minimum atomic E-state index is 0.259. The molecular weight excluding hydrogens is 278 g/mol. The van der Waals surface area contributed by atoms with Gasteiger partial charge in [-0.1, -0.05) is 38.8 Å². The molecule has 0 atom stereocenters. The Labute approximate surface area is 133 Å². The van der Waals surface area contributed by atoms with E-state index < -0.39 is 0 Å². The van der Waals surface area contributed by atoms with Gasteiger partial charge in [-0.3, -0.25) is 9.69 Å². The standard InChI is InChI=1S/C18H27NOS/c1-14(2)12-19(16-6-4-5-7-16)13-18(20)15-8-10-17(21-3)11-9-15/h8-11,14,16H,4-7,12-13H2,1-3H3. The Hall–Kier alpha value is -0.800. The van der Waals surface area contributed by atoms with Gasteiger partial charge in [-0.05, 0) is 37.1 Å². The molecule has 0 heterocycles. The van der Waals surface area contributed by atoms with E-state index in [4.69, 9.17) is 0 Å². The van der Waals surface area contributed by atoms with Crippen LogP contribution in [0.4, 0.5) is 0 Å². The largest absolute Gasteiger partial charge is 0.293 e. The van der Waals surface area contributed by atoms with Crippen LogP contribution in [0, 0.1) is 5.92 Å². The van der Waals surface area contributed by atoms with E-state index in [0.29, 0.717) is 18.5 Å². The molecule has 1 aliphatic rings. The second kappa shape index (κ2) is 8.00. The van der Waals surface area contributed by atoms with Crippen LogP contribution in [0.3, 0.4) is 0 Å². The average molecular weight is 305 g/mol. The van der Waals surface area contributed by atoms with Crippen LogP contribution < -0.4 is 0 Å². The summed E-state index contributed by atoms with van der Waals surface area (Å²) in [5, 5.41) is 0. The number of carbonyl (C=O) groups is 1. The lowest BCUT2D eigenvalue weighted by Crippen LogP contribution is -2.40. The van der Waals surface area contributed by atoms with Gasteiger partial charge in [0, 0.05) is 23.0 Å². The number of hydrogen-bond donors (Lipinski definition) is 0. The van der Waals surface area contributed by atoms with Crippen molar-refractivity contribution in [2.45, 2.75) is 50.5 Å². The van der Waals surface area contributed by atoms with E-state index in [0.717, 1.165) is 12.1 Å². The summed E-state index contributed by atoms with van der Waals surface area (Å²) in [7, 11) is 0. The lowest BCUT2D eigenvalue weighted by atomic mass is 10.1. The number of thioether (sulfide) groups is 1. The van der Waals surface area contributed by atoms with Gasteiger partial charge in [0.25, 0.3) is 0 Å². The Morgan fingerprint density at radius 1 is 1.24 bits per heavy atom. The number of hydrogen-bond acceptors (Lipinski definition) is 3. The Bertz CT molecular complexity index is 449. The fraction of sp³-hybridized carbons (Fsp3) is 0.611. The molecule has 1 saturated carbocycles. The van der Waals surface area contributed by atoms with E-state index in [9.17, 15) is 4.79 Å². The molecule has 1 aromatic carbocycles. The summed E-state index contributed by atoms with van der Waals surface area (Å²) in [6.45, 7) is 6.07. The minimum absolute atomic E-state index is 0.259. The zero-order valence-electron chi connectivity index (χ0n) is 13.5. The average Bonchev–Trinajstić information content (AvgIpc) is 3.00. The first-order chi connectivity index (χ1) is 10.1. The fourth-order valence-electron chi connectivity index (χ4n) is 3.13. The number of nitrogens with zero attached hydrogens (tertiary/aromatic N) is 1. The zero-order chi connectivity index (χ0) is 15.2. The van der Waals surface area contributed by atoms with Crippen molar-refractivity contribution >= 4 is 17.5 Å². The van der Waals surface area contributed by atoms with Crippen LogP contribution in [0.25, 0.3) is 0 Å². The molecule has 0 spiro atoms. The molecule has 0 bridgehead atoms. The molecule has 0 aliphatic heterocycles. The van der Waals surface area contributed by atoms with Gasteiger partial charge in [-0.2, -0.15) is 0 Å². The summed E-state index contributed by atoms with van der Waals surface area (Å²) in [6, 6.07) is 8.63. The topological polar surface area (TPSA) is 20.3 Å². The molecule has 2 rings (SSSR count). The van der Waals surface area contributed by atoms with E-state index >= 15 is 0 Å². The van der Waals surface area contributed by atoms with Crippen LogP contribution in [0.15, 0.2) is 29.2 Å². The Morgan fingerprint density at radius 3 is 2.38 bits per heavy atom. The summed E-state index contributed by atoms with van der Waals surface area (Å²) in [5.74, 6) is 0.868. The molecule has 1 fully saturated rings. The third-order valence-corrected chi connectivity index (χ3v) is 4.94. The number of carbonyl (C=O) groups excluding carboxylic acids is 1. The molecule has 0 radical (unpaired) electrons. The summed E-state index contributed by atoms with van der Waals surface area (Å²) < 4.78 is 0. The number of rotatable bonds is 7. The van der Waals surface area contributed by atoms with Crippen LogP contribution in [0.5, 0.6) is 0 Å². The minimum Gasteiger partial charge on any atom is -0.293 e. The molecule has 1 aromatic rings. The lowest BCUT2D eigenvalue weighted by molar-refractivity contribution is 0.0876. The first-order valence-corrected chi connectivity index (χ1v) is 9.24. The van der Waals surface area contributed by atoms with Crippen molar-refractivity contribution in [2.75, 3.05) is 19.3 Å². The van der Waals surface area contributed by atoms with Gasteiger partial charge in [-0.25, -0.2) is 0 Å². The van der Waals surface area contributed by atoms with Crippen molar-refractivity contribution < 1.29 is 4.79 Å². The maximum atomic E-state index is 12.5. The van der Waals surface area contributed by atoms with Crippen LogP contribution >= 0.6 is 11.8 Å². The van der Waals surface area contributed by atoms with Gasteiger partial charge < -0.3 is 0 Å². The molecule has 1 aliphatic carbocycles. The number of Topliss-reactive ketones (excluding diaryl/α,β-unsaturated/α-hetero) is 1. The monoisotopic (exact) mass is 305 g/mol. The highest BCUT2D eigenvalue weighted by molar-refractivity contribution is 7.98. The smallest absolute Gasteiger partial charge is 0.176 e. The fourth-order valence-corrected chi connectivity index (χ4v) is 3.54. The lowest BCUT2D eigenvalue weighted by Gasteiger charge is -2.29. The van der Waals surface area contributed by atoms with Crippen LogP contribution in [-0.2, 0) is 0 Å².